The minimum Gasteiger partial charge on any atom is -0.381 e. The maximum atomic E-state index is 5.47. The Balaban J connectivity index is 2.01. The van der Waals surface area contributed by atoms with E-state index in [9.17, 15) is 0 Å². The van der Waals surface area contributed by atoms with Crippen LogP contribution in [0.4, 0.5) is 5.82 Å². The highest BCUT2D eigenvalue weighted by molar-refractivity contribution is 5.34. The first-order chi connectivity index (χ1) is 7.83. The van der Waals surface area contributed by atoms with Crippen LogP contribution in [0.3, 0.4) is 0 Å². The van der Waals surface area contributed by atoms with Gasteiger partial charge in [0.05, 0.1) is 0 Å². The molecule has 1 N–H and O–H groups in total. The summed E-state index contributed by atoms with van der Waals surface area (Å²) in [7, 11) is 0. The van der Waals surface area contributed by atoms with Crippen LogP contribution in [0.15, 0.2) is 18.3 Å². The van der Waals surface area contributed by atoms with Gasteiger partial charge in [0, 0.05) is 26.0 Å². The smallest absolute Gasteiger partial charge is 0.125 e. The van der Waals surface area contributed by atoms with Gasteiger partial charge in [-0.3, -0.25) is 0 Å². The fourth-order valence-electron chi connectivity index (χ4n) is 1.31. The first-order valence-corrected chi connectivity index (χ1v) is 6.07. The van der Waals surface area contributed by atoms with Crippen molar-refractivity contribution in [2.75, 3.05) is 25.1 Å². The zero-order valence-corrected chi connectivity index (χ0v) is 10.3. The number of pyridine rings is 1. The van der Waals surface area contributed by atoms with E-state index in [0.29, 0.717) is 0 Å². The SMILES string of the molecule is CCCCOCCCNc1ccc(C)cn1. The van der Waals surface area contributed by atoms with Crippen molar-refractivity contribution in [3.63, 3.8) is 0 Å². The number of nitrogens with one attached hydrogen (secondary N) is 1. The lowest BCUT2D eigenvalue weighted by atomic mass is 10.3. The Morgan fingerprint density at radius 2 is 2.06 bits per heavy atom. The van der Waals surface area contributed by atoms with Crippen LogP contribution in [0.25, 0.3) is 0 Å². The number of anilines is 1. The highest BCUT2D eigenvalue weighted by atomic mass is 16.5. The fraction of sp³-hybridized carbons (Fsp3) is 0.615. The second-order valence-electron chi connectivity index (χ2n) is 3.97. The maximum absolute atomic E-state index is 5.47. The highest BCUT2D eigenvalue weighted by Gasteiger charge is 1.93. The number of hydrogen-bond donors (Lipinski definition) is 1. The molecule has 1 aromatic rings. The standard InChI is InChI=1S/C13H22N2O/c1-3-4-9-16-10-5-8-14-13-7-6-12(2)11-15-13/h6-7,11H,3-5,8-10H2,1-2H3,(H,14,15). The Hall–Kier alpha value is -1.09. The summed E-state index contributed by atoms with van der Waals surface area (Å²) >= 11 is 0. The van der Waals surface area contributed by atoms with E-state index < -0.39 is 0 Å². The molecule has 1 rings (SSSR count). The quantitative estimate of drug-likeness (QED) is 0.686. The van der Waals surface area contributed by atoms with Gasteiger partial charge in [-0.05, 0) is 31.4 Å². The Morgan fingerprint density at radius 1 is 1.25 bits per heavy atom. The Morgan fingerprint density at radius 3 is 2.75 bits per heavy atom. The van der Waals surface area contributed by atoms with Gasteiger partial charge in [0.15, 0.2) is 0 Å². The number of aromatic nitrogens is 1. The van der Waals surface area contributed by atoms with Crippen LogP contribution in [0.1, 0.15) is 31.7 Å². The van der Waals surface area contributed by atoms with Gasteiger partial charge in [-0.15, -0.1) is 0 Å². The average Bonchev–Trinajstić information content (AvgIpc) is 2.30. The van der Waals surface area contributed by atoms with Crippen molar-refractivity contribution < 1.29 is 4.74 Å². The van der Waals surface area contributed by atoms with Crippen LogP contribution in [0.2, 0.25) is 0 Å². The van der Waals surface area contributed by atoms with Gasteiger partial charge in [-0.25, -0.2) is 4.98 Å². The fourth-order valence-corrected chi connectivity index (χ4v) is 1.31. The van der Waals surface area contributed by atoms with Gasteiger partial charge in [-0.1, -0.05) is 19.4 Å². The first-order valence-electron chi connectivity index (χ1n) is 6.07. The largest absolute Gasteiger partial charge is 0.381 e. The summed E-state index contributed by atoms with van der Waals surface area (Å²) in [6.07, 6.45) is 5.26. The van der Waals surface area contributed by atoms with Crippen LogP contribution in [0.5, 0.6) is 0 Å². The minimum absolute atomic E-state index is 0.832. The van der Waals surface area contributed by atoms with Gasteiger partial charge in [-0.2, -0.15) is 0 Å². The molecule has 1 heterocycles. The van der Waals surface area contributed by atoms with Crippen LogP contribution in [-0.2, 0) is 4.74 Å². The Bertz CT molecular complexity index is 272. The van der Waals surface area contributed by atoms with Gasteiger partial charge < -0.3 is 10.1 Å². The average molecular weight is 222 g/mol. The van der Waals surface area contributed by atoms with Gasteiger partial charge in [0.1, 0.15) is 5.82 Å². The summed E-state index contributed by atoms with van der Waals surface area (Å²) in [4.78, 5) is 4.27. The lowest BCUT2D eigenvalue weighted by Crippen LogP contribution is -2.07. The second-order valence-corrected chi connectivity index (χ2v) is 3.97. The normalized spacial score (nSPS) is 10.4. The molecule has 0 aliphatic rings. The highest BCUT2D eigenvalue weighted by Crippen LogP contribution is 2.03. The molecule has 0 fully saturated rings. The summed E-state index contributed by atoms with van der Waals surface area (Å²) in [6.45, 7) is 6.85. The molecule has 16 heavy (non-hydrogen) atoms. The number of nitrogens with zero attached hydrogens (tertiary/aromatic N) is 1. The lowest BCUT2D eigenvalue weighted by Gasteiger charge is -2.06. The molecule has 0 aromatic carbocycles. The molecule has 3 heteroatoms. The Labute approximate surface area is 98.2 Å². The lowest BCUT2D eigenvalue weighted by molar-refractivity contribution is 0.131. The topological polar surface area (TPSA) is 34.1 Å². The summed E-state index contributed by atoms with van der Waals surface area (Å²) < 4.78 is 5.47. The van der Waals surface area contributed by atoms with E-state index in [0.717, 1.165) is 38.4 Å². The van der Waals surface area contributed by atoms with Crippen LogP contribution < -0.4 is 5.32 Å². The van der Waals surface area contributed by atoms with Gasteiger partial charge in [0.25, 0.3) is 0 Å². The van der Waals surface area contributed by atoms with E-state index >= 15 is 0 Å². The predicted molar refractivity (Wildman–Crippen MR) is 67.8 cm³/mol. The number of unbranched alkanes of at least 4 members (excludes halogenated alkanes) is 1. The summed E-state index contributed by atoms with van der Waals surface area (Å²) in [5, 5.41) is 3.27. The summed E-state index contributed by atoms with van der Waals surface area (Å²) in [6, 6.07) is 4.07. The molecule has 3 nitrogen and oxygen atoms in total. The molecule has 0 amide bonds. The molecule has 90 valence electrons. The third-order valence-electron chi connectivity index (χ3n) is 2.33. The molecular formula is C13H22N2O. The van der Waals surface area contributed by atoms with Crippen LogP contribution >= 0.6 is 0 Å². The zero-order chi connectivity index (χ0) is 11.6. The third kappa shape index (κ3) is 5.71. The van der Waals surface area contributed by atoms with E-state index in [1.165, 1.54) is 12.0 Å². The van der Waals surface area contributed by atoms with Crippen molar-refractivity contribution >= 4 is 5.82 Å². The summed E-state index contributed by atoms with van der Waals surface area (Å²) in [5.74, 6) is 0.944. The monoisotopic (exact) mass is 222 g/mol. The van der Waals surface area contributed by atoms with E-state index in [1.54, 1.807) is 0 Å². The molecule has 0 bridgehead atoms. The van der Waals surface area contributed by atoms with Gasteiger partial charge in [0.2, 0.25) is 0 Å². The molecular weight excluding hydrogens is 200 g/mol. The van der Waals surface area contributed by atoms with Crippen molar-refractivity contribution in [1.29, 1.82) is 0 Å². The number of rotatable bonds is 8. The second kappa shape index (κ2) is 8.11. The van der Waals surface area contributed by atoms with E-state index in [2.05, 4.69) is 23.3 Å². The molecule has 0 spiro atoms. The first kappa shape index (κ1) is 13.0. The van der Waals surface area contributed by atoms with Crippen molar-refractivity contribution in [3.8, 4) is 0 Å². The van der Waals surface area contributed by atoms with Crippen molar-refractivity contribution in [3.05, 3.63) is 23.9 Å². The number of hydrogen-bond acceptors (Lipinski definition) is 3. The van der Waals surface area contributed by atoms with E-state index in [-0.39, 0.29) is 0 Å². The molecule has 0 radical (unpaired) electrons. The number of ether oxygens (including phenoxy) is 1. The molecule has 0 aliphatic carbocycles. The Kier molecular flexibility index (Phi) is 6.58. The summed E-state index contributed by atoms with van der Waals surface area (Å²) in [5.41, 5.74) is 1.19. The van der Waals surface area contributed by atoms with Crippen molar-refractivity contribution in [1.82, 2.24) is 4.98 Å². The van der Waals surface area contributed by atoms with Crippen molar-refractivity contribution in [2.24, 2.45) is 0 Å². The van der Waals surface area contributed by atoms with Crippen LogP contribution in [-0.4, -0.2) is 24.7 Å². The zero-order valence-electron chi connectivity index (χ0n) is 10.3. The molecule has 0 saturated heterocycles. The molecule has 0 atom stereocenters. The predicted octanol–water partition coefficient (Wildman–Crippen LogP) is 3.01. The molecule has 0 saturated carbocycles. The molecule has 0 unspecified atom stereocenters. The minimum atomic E-state index is 0.832. The molecule has 1 aromatic heterocycles. The third-order valence-corrected chi connectivity index (χ3v) is 2.33. The molecule has 0 aliphatic heterocycles. The van der Waals surface area contributed by atoms with Crippen LogP contribution in [0, 0.1) is 6.92 Å². The van der Waals surface area contributed by atoms with E-state index in [1.807, 2.05) is 19.2 Å². The maximum Gasteiger partial charge on any atom is 0.125 e. The van der Waals surface area contributed by atoms with Crippen molar-refractivity contribution in [2.45, 2.75) is 33.1 Å². The number of aryl methyl sites for hydroxylation is 1. The van der Waals surface area contributed by atoms with Gasteiger partial charge >= 0.3 is 0 Å². The van der Waals surface area contributed by atoms with E-state index in [4.69, 9.17) is 4.74 Å².